The van der Waals surface area contributed by atoms with Crippen molar-refractivity contribution >= 4 is 29.6 Å². The minimum Gasteiger partial charge on any atom is -0.300 e. The largest absolute Gasteiger partial charge is 0.300 e. The van der Waals surface area contributed by atoms with Gasteiger partial charge in [0.1, 0.15) is 5.78 Å². The van der Waals surface area contributed by atoms with Gasteiger partial charge in [-0.05, 0) is 43.7 Å². The van der Waals surface area contributed by atoms with E-state index in [0.29, 0.717) is 10.6 Å². The standard InChI is InChI=1S/C25H24NO3P/c1-19(27)23-18-24(28)26(25(23,2)20-12-6-3-7-13-20)30(29,21-14-8-4-9-15-21)22-16-10-5-11-17-22/h3-17,23H,18H2,1-2H3. The highest BCUT2D eigenvalue weighted by atomic mass is 31.2. The second kappa shape index (κ2) is 7.70. The lowest BCUT2D eigenvalue weighted by Gasteiger charge is -2.43. The van der Waals surface area contributed by atoms with E-state index in [1.807, 2.05) is 73.7 Å². The van der Waals surface area contributed by atoms with Crippen LogP contribution in [0.3, 0.4) is 0 Å². The van der Waals surface area contributed by atoms with Gasteiger partial charge in [0.2, 0.25) is 13.2 Å². The number of ketones is 1. The van der Waals surface area contributed by atoms with Crippen molar-refractivity contribution in [2.45, 2.75) is 25.8 Å². The first-order chi connectivity index (χ1) is 14.4. The molecular weight excluding hydrogens is 393 g/mol. The van der Waals surface area contributed by atoms with E-state index in [1.54, 1.807) is 24.3 Å². The molecule has 152 valence electrons. The Morgan fingerprint density at radius 3 is 1.73 bits per heavy atom. The van der Waals surface area contributed by atoms with Gasteiger partial charge in [-0.15, -0.1) is 0 Å². The molecular formula is C25H24NO3P. The first-order valence-corrected chi connectivity index (χ1v) is 11.7. The maximum absolute atomic E-state index is 15.0. The smallest absolute Gasteiger partial charge is 0.232 e. The van der Waals surface area contributed by atoms with Crippen LogP contribution in [0, 0.1) is 5.92 Å². The predicted octanol–water partition coefficient (Wildman–Crippen LogP) is 4.27. The summed E-state index contributed by atoms with van der Waals surface area (Å²) in [4.78, 5) is 26.1. The number of amides is 1. The Morgan fingerprint density at radius 2 is 1.30 bits per heavy atom. The highest BCUT2D eigenvalue weighted by Crippen LogP contribution is 2.60. The van der Waals surface area contributed by atoms with Crippen molar-refractivity contribution in [3.8, 4) is 0 Å². The number of carbonyl (C=O) groups excluding carboxylic acids is 2. The monoisotopic (exact) mass is 417 g/mol. The van der Waals surface area contributed by atoms with Gasteiger partial charge in [0.25, 0.3) is 0 Å². The second-order valence-corrected chi connectivity index (χ2v) is 10.4. The summed E-state index contributed by atoms with van der Waals surface area (Å²) in [6, 6.07) is 27.7. The first kappa shape index (κ1) is 20.3. The first-order valence-electron chi connectivity index (χ1n) is 10.0. The van der Waals surface area contributed by atoms with Crippen LogP contribution in [0.15, 0.2) is 91.0 Å². The molecule has 2 atom stereocenters. The molecule has 0 saturated carbocycles. The molecule has 0 spiro atoms. The van der Waals surface area contributed by atoms with Crippen molar-refractivity contribution in [3.05, 3.63) is 96.6 Å². The predicted molar refractivity (Wildman–Crippen MR) is 119 cm³/mol. The Kier molecular flexibility index (Phi) is 5.21. The van der Waals surface area contributed by atoms with Gasteiger partial charge in [0, 0.05) is 17.0 Å². The zero-order chi connectivity index (χ0) is 21.4. The van der Waals surface area contributed by atoms with Gasteiger partial charge in [-0.1, -0.05) is 66.7 Å². The number of hydrogen-bond donors (Lipinski definition) is 0. The van der Waals surface area contributed by atoms with Crippen LogP contribution in [-0.4, -0.2) is 16.4 Å². The average Bonchev–Trinajstić information content (AvgIpc) is 3.07. The van der Waals surface area contributed by atoms with Crippen molar-refractivity contribution in [3.63, 3.8) is 0 Å². The summed E-state index contributed by atoms with van der Waals surface area (Å²) in [5, 5.41) is 1.16. The molecule has 3 aromatic rings. The lowest BCUT2D eigenvalue weighted by molar-refractivity contribution is -0.125. The molecule has 4 nitrogen and oxygen atoms in total. The van der Waals surface area contributed by atoms with Crippen LogP contribution in [0.25, 0.3) is 0 Å². The fourth-order valence-corrected chi connectivity index (χ4v) is 7.74. The van der Waals surface area contributed by atoms with E-state index < -0.39 is 18.7 Å². The molecule has 1 aliphatic heterocycles. The molecule has 1 fully saturated rings. The number of benzene rings is 3. The Balaban J connectivity index is 2.03. The summed E-state index contributed by atoms with van der Waals surface area (Å²) in [6.45, 7) is 3.39. The van der Waals surface area contributed by atoms with E-state index in [1.165, 1.54) is 11.6 Å². The van der Waals surface area contributed by atoms with Crippen molar-refractivity contribution in [2.24, 2.45) is 5.92 Å². The summed E-state index contributed by atoms with van der Waals surface area (Å²) < 4.78 is 16.5. The van der Waals surface area contributed by atoms with Crippen LogP contribution in [-0.2, 0) is 19.7 Å². The number of hydrogen-bond acceptors (Lipinski definition) is 3. The molecule has 0 aliphatic carbocycles. The zero-order valence-electron chi connectivity index (χ0n) is 17.1. The molecule has 0 N–H and O–H groups in total. The summed E-state index contributed by atoms with van der Waals surface area (Å²) in [7, 11) is -3.56. The minimum atomic E-state index is -3.56. The molecule has 4 rings (SSSR count). The lowest BCUT2D eigenvalue weighted by atomic mass is 9.79. The highest BCUT2D eigenvalue weighted by molar-refractivity contribution is 7.77. The fourth-order valence-electron chi connectivity index (χ4n) is 4.59. The van der Waals surface area contributed by atoms with E-state index in [-0.39, 0.29) is 18.1 Å². The quantitative estimate of drug-likeness (QED) is 0.583. The molecule has 1 aliphatic rings. The third kappa shape index (κ3) is 3.03. The molecule has 2 unspecified atom stereocenters. The Bertz CT molecular complexity index is 1070. The Morgan fingerprint density at radius 1 is 0.867 bits per heavy atom. The summed E-state index contributed by atoms with van der Waals surface area (Å²) >= 11 is 0. The molecule has 1 amide bonds. The highest BCUT2D eigenvalue weighted by Gasteiger charge is 2.59. The third-order valence-corrected chi connectivity index (χ3v) is 9.27. The topological polar surface area (TPSA) is 54.5 Å². The molecule has 0 radical (unpaired) electrons. The summed E-state index contributed by atoms with van der Waals surface area (Å²) in [5.41, 5.74) is -0.214. The van der Waals surface area contributed by atoms with Crippen LogP contribution >= 0.6 is 7.29 Å². The van der Waals surface area contributed by atoms with Crippen molar-refractivity contribution in [1.82, 2.24) is 4.67 Å². The van der Waals surface area contributed by atoms with Gasteiger partial charge < -0.3 is 0 Å². The van der Waals surface area contributed by atoms with Crippen molar-refractivity contribution < 1.29 is 14.2 Å². The van der Waals surface area contributed by atoms with E-state index in [4.69, 9.17) is 0 Å². The molecule has 1 saturated heterocycles. The second-order valence-electron chi connectivity index (χ2n) is 7.83. The molecule has 0 bridgehead atoms. The number of carbonyl (C=O) groups is 2. The SMILES string of the molecule is CC(=O)C1CC(=O)N(P(=O)(c2ccccc2)c2ccccc2)C1(C)c1ccccc1. The summed E-state index contributed by atoms with van der Waals surface area (Å²) in [6.07, 6.45) is 0.0460. The van der Waals surface area contributed by atoms with Gasteiger partial charge in [-0.2, -0.15) is 0 Å². The molecule has 1 heterocycles. The van der Waals surface area contributed by atoms with Crippen LogP contribution in [0.4, 0.5) is 0 Å². The number of nitrogens with zero attached hydrogens (tertiary/aromatic N) is 1. The zero-order valence-corrected chi connectivity index (χ0v) is 18.0. The minimum absolute atomic E-state index is 0.0460. The van der Waals surface area contributed by atoms with Crippen molar-refractivity contribution in [1.29, 1.82) is 0 Å². The fraction of sp³-hybridized carbons (Fsp3) is 0.200. The van der Waals surface area contributed by atoms with Gasteiger partial charge in [-0.25, -0.2) is 0 Å². The van der Waals surface area contributed by atoms with Crippen molar-refractivity contribution in [2.75, 3.05) is 0 Å². The van der Waals surface area contributed by atoms with E-state index in [9.17, 15) is 14.2 Å². The van der Waals surface area contributed by atoms with Gasteiger partial charge in [0.05, 0.1) is 11.5 Å². The lowest BCUT2D eigenvalue weighted by Crippen LogP contribution is -2.47. The van der Waals surface area contributed by atoms with Crippen LogP contribution in [0.5, 0.6) is 0 Å². The molecule has 0 aromatic heterocycles. The van der Waals surface area contributed by atoms with E-state index in [2.05, 4.69) is 0 Å². The van der Waals surface area contributed by atoms with Crippen LogP contribution in [0.1, 0.15) is 25.8 Å². The maximum atomic E-state index is 15.0. The maximum Gasteiger partial charge on any atom is 0.232 e. The molecule has 3 aromatic carbocycles. The molecule has 5 heteroatoms. The van der Waals surface area contributed by atoms with Crippen LogP contribution in [0.2, 0.25) is 0 Å². The number of Topliss-reactive ketones (excluding diaryl/α,β-unsaturated/α-hetero) is 1. The summed E-state index contributed by atoms with van der Waals surface area (Å²) in [5.74, 6) is -0.921. The Labute approximate surface area is 177 Å². The van der Waals surface area contributed by atoms with Crippen LogP contribution < -0.4 is 10.6 Å². The van der Waals surface area contributed by atoms with E-state index in [0.717, 1.165) is 5.56 Å². The third-order valence-electron chi connectivity index (χ3n) is 6.08. The van der Waals surface area contributed by atoms with Gasteiger partial charge in [0.15, 0.2) is 0 Å². The normalized spacial score (nSPS) is 21.6. The average molecular weight is 417 g/mol. The number of rotatable bonds is 5. The van der Waals surface area contributed by atoms with E-state index >= 15 is 0 Å². The Hall–Kier alpha value is -2.97. The van der Waals surface area contributed by atoms with Gasteiger partial charge in [-0.3, -0.25) is 18.8 Å². The molecule has 30 heavy (non-hydrogen) atoms. The van der Waals surface area contributed by atoms with Gasteiger partial charge >= 0.3 is 0 Å².